The van der Waals surface area contributed by atoms with Crippen molar-refractivity contribution in [3.63, 3.8) is 0 Å². The van der Waals surface area contributed by atoms with E-state index in [2.05, 4.69) is 70.4 Å². The summed E-state index contributed by atoms with van der Waals surface area (Å²) in [5.74, 6) is 0.441. The molecule has 0 aromatic heterocycles. The van der Waals surface area contributed by atoms with E-state index < -0.39 is 0 Å². The minimum Gasteiger partial charge on any atom is -0.370 e. The van der Waals surface area contributed by atoms with Gasteiger partial charge in [-0.25, -0.2) is 4.99 Å². The Hall–Kier alpha value is -2.37. The molecule has 2 aromatic carbocycles. The number of hydrogen-bond donors (Lipinski definition) is 2. The smallest absolute Gasteiger partial charge is 0.193 e. The van der Waals surface area contributed by atoms with Crippen LogP contribution in [0.25, 0.3) is 0 Å². The summed E-state index contributed by atoms with van der Waals surface area (Å²) in [7, 11) is 0. The van der Waals surface area contributed by atoms with Gasteiger partial charge in [0.05, 0.1) is 6.54 Å². The molecule has 0 aliphatic carbocycles. The Morgan fingerprint density at radius 1 is 0.926 bits per heavy atom. The number of rotatable bonds is 6. The first kappa shape index (κ1) is 19.4. The Kier molecular flexibility index (Phi) is 6.85. The standard InChI is InChI=1S/C22H31N5/c1-3-26-12-14-27(15-13-26)17-20-8-6-19(7-9-20)16-24-22(23)25-21-10-4-18(2)5-11-21/h4-11H,3,12-17H2,1-2H3,(H3,23,24,25). The molecule has 144 valence electrons. The molecule has 5 nitrogen and oxygen atoms in total. The summed E-state index contributed by atoms with van der Waals surface area (Å²) in [5, 5.41) is 3.13. The van der Waals surface area contributed by atoms with Crippen LogP contribution >= 0.6 is 0 Å². The van der Waals surface area contributed by atoms with Crippen LogP contribution in [-0.2, 0) is 13.1 Å². The van der Waals surface area contributed by atoms with Crippen molar-refractivity contribution in [1.29, 1.82) is 0 Å². The van der Waals surface area contributed by atoms with Crippen LogP contribution in [0.4, 0.5) is 5.69 Å². The first-order valence-electron chi connectivity index (χ1n) is 9.78. The van der Waals surface area contributed by atoms with Gasteiger partial charge in [0.15, 0.2) is 5.96 Å². The van der Waals surface area contributed by atoms with Gasteiger partial charge in [-0.1, -0.05) is 48.9 Å². The van der Waals surface area contributed by atoms with E-state index in [9.17, 15) is 0 Å². The van der Waals surface area contributed by atoms with Crippen LogP contribution < -0.4 is 11.1 Å². The average molecular weight is 366 g/mol. The molecule has 1 saturated heterocycles. The largest absolute Gasteiger partial charge is 0.370 e. The lowest BCUT2D eigenvalue weighted by molar-refractivity contribution is 0.132. The second-order valence-corrected chi connectivity index (χ2v) is 7.22. The van der Waals surface area contributed by atoms with Crippen molar-refractivity contribution in [3.8, 4) is 0 Å². The van der Waals surface area contributed by atoms with Gasteiger partial charge < -0.3 is 16.0 Å². The third-order valence-corrected chi connectivity index (χ3v) is 5.10. The van der Waals surface area contributed by atoms with Crippen molar-refractivity contribution in [3.05, 3.63) is 65.2 Å². The Bertz CT molecular complexity index is 728. The fraction of sp³-hybridized carbons (Fsp3) is 0.409. The van der Waals surface area contributed by atoms with Gasteiger partial charge in [0, 0.05) is 38.4 Å². The van der Waals surface area contributed by atoms with Gasteiger partial charge in [0.2, 0.25) is 0 Å². The molecule has 0 amide bonds. The summed E-state index contributed by atoms with van der Waals surface area (Å²) in [6, 6.07) is 16.8. The molecule has 5 heteroatoms. The molecule has 2 aromatic rings. The Balaban J connectivity index is 1.47. The molecule has 0 unspecified atom stereocenters. The van der Waals surface area contributed by atoms with E-state index >= 15 is 0 Å². The molecule has 27 heavy (non-hydrogen) atoms. The van der Waals surface area contributed by atoms with Crippen LogP contribution in [0, 0.1) is 6.92 Å². The molecule has 1 heterocycles. The summed E-state index contributed by atoms with van der Waals surface area (Å²) in [6.45, 7) is 11.7. The van der Waals surface area contributed by atoms with Gasteiger partial charge in [-0.3, -0.25) is 4.90 Å². The summed E-state index contributed by atoms with van der Waals surface area (Å²) in [6.07, 6.45) is 0. The van der Waals surface area contributed by atoms with Gasteiger partial charge in [0.1, 0.15) is 0 Å². The summed E-state index contributed by atoms with van der Waals surface area (Å²) in [4.78, 5) is 9.48. The van der Waals surface area contributed by atoms with Crippen LogP contribution in [0.1, 0.15) is 23.6 Å². The van der Waals surface area contributed by atoms with Crippen molar-refractivity contribution in [2.75, 3.05) is 38.0 Å². The lowest BCUT2D eigenvalue weighted by Crippen LogP contribution is -2.45. The van der Waals surface area contributed by atoms with Crippen molar-refractivity contribution in [2.24, 2.45) is 10.7 Å². The molecule has 3 N–H and O–H groups in total. The number of nitrogens with two attached hydrogens (primary N) is 1. The summed E-state index contributed by atoms with van der Waals surface area (Å²) >= 11 is 0. The number of hydrogen-bond acceptors (Lipinski definition) is 3. The van der Waals surface area contributed by atoms with Crippen LogP contribution in [0.15, 0.2) is 53.5 Å². The molecule has 1 aliphatic heterocycles. The number of guanidine groups is 1. The molecule has 1 fully saturated rings. The molecular weight excluding hydrogens is 334 g/mol. The highest BCUT2D eigenvalue weighted by Gasteiger charge is 2.15. The number of nitrogens with zero attached hydrogens (tertiary/aromatic N) is 3. The summed E-state index contributed by atoms with van der Waals surface area (Å²) < 4.78 is 0. The molecule has 0 spiro atoms. The minimum atomic E-state index is 0.441. The van der Waals surface area contributed by atoms with E-state index in [1.54, 1.807) is 0 Å². The Morgan fingerprint density at radius 2 is 1.52 bits per heavy atom. The Morgan fingerprint density at radius 3 is 2.15 bits per heavy atom. The average Bonchev–Trinajstić information content (AvgIpc) is 2.70. The van der Waals surface area contributed by atoms with E-state index in [0.29, 0.717) is 12.5 Å². The second-order valence-electron chi connectivity index (χ2n) is 7.22. The van der Waals surface area contributed by atoms with Crippen LogP contribution in [0.3, 0.4) is 0 Å². The van der Waals surface area contributed by atoms with Crippen molar-refractivity contribution in [1.82, 2.24) is 9.80 Å². The number of anilines is 1. The maximum Gasteiger partial charge on any atom is 0.193 e. The third-order valence-electron chi connectivity index (χ3n) is 5.10. The fourth-order valence-electron chi connectivity index (χ4n) is 3.27. The van der Waals surface area contributed by atoms with E-state index in [0.717, 1.165) is 31.9 Å². The molecule has 0 atom stereocenters. The number of aryl methyl sites for hydroxylation is 1. The maximum atomic E-state index is 6.00. The first-order chi connectivity index (χ1) is 13.1. The number of aliphatic imine (C=N–C) groups is 1. The first-order valence-corrected chi connectivity index (χ1v) is 9.78. The van der Waals surface area contributed by atoms with Gasteiger partial charge >= 0.3 is 0 Å². The number of piperazine rings is 1. The van der Waals surface area contributed by atoms with E-state index in [1.165, 1.54) is 29.8 Å². The van der Waals surface area contributed by atoms with Gasteiger partial charge in [-0.05, 0) is 36.7 Å². The quantitative estimate of drug-likeness (QED) is 0.610. The maximum absolute atomic E-state index is 6.00. The van der Waals surface area contributed by atoms with Gasteiger partial charge in [0.25, 0.3) is 0 Å². The van der Waals surface area contributed by atoms with Gasteiger partial charge in [-0.15, -0.1) is 0 Å². The van der Waals surface area contributed by atoms with Crippen LogP contribution in [0.5, 0.6) is 0 Å². The SMILES string of the molecule is CCN1CCN(Cc2ccc(CN=C(N)Nc3ccc(C)cc3)cc2)CC1. The topological polar surface area (TPSA) is 56.9 Å². The molecule has 0 saturated carbocycles. The van der Waals surface area contributed by atoms with Gasteiger partial charge in [-0.2, -0.15) is 0 Å². The highest BCUT2D eigenvalue weighted by Crippen LogP contribution is 2.11. The monoisotopic (exact) mass is 365 g/mol. The highest BCUT2D eigenvalue weighted by atomic mass is 15.3. The predicted octanol–water partition coefficient (Wildman–Crippen LogP) is 3.06. The van der Waals surface area contributed by atoms with E-state index in [1.807, 2.05) is 12.1 Å². The van der Waals surface area contributed by atoms with Crippen LogP contribution in [-0.4, -0.2) is 48.5 Å². The molecule has 1 aliphatic rings. The van der Waals surface area contributed by atoms with Crippen LogP contribution in [0.2, 0.25) is 0 Å². The van der Waals surface area contributed by atoms with E-state index in [-0.39, 0.29) is 0 Å². The van der Waals surface area contributed by atoms with Crippen molar-refractivity contribution >= 4 is 11.6 Å². The lowest BCUT2D eigenvalue weighted by Gasteiger charge is -2.34. The zero-order valence-electron chi connectivity index (χ0n) is 16.5. The molecule has 0 radical (unpaired) electrons. The van der Waals surface area contributed by atoms with Crippen molar-refractivity contribution < 1.29 is 0 Å². The molecule has 3 rings (SSSR count). The predicted molar refractivity (Wildman–Crippen MR) is 114 cm³/mol. The zero-order chi connectivity index (χ0) is 19.1. The molecule has 0 bridgehead atoms. The summed E-state index contributed by atoms with van der Waals surface area (Å²) in [5.41, 5.74) is 10.7. The number of likely N-dealkylation sites (N-methyl/N-ethyl adjacent to an activating group) is 1. The molecular formula is C22H31N5. The third kappa shape index (κ3) is 6.08. The second kappa shape index (κ2) is 9.53. The highest BCUT2D eigenvalue weighted by molar-refractivity contribution is 5.92. The fourth-order valence-corrected chi connectivity index (χ4v) is 3.27. The number of nitrogens with one attached hydrogen (secondary N) is 1. The normalized spacial score (nSPS) is 16.4. The van der Waals surface area contributed by atoms with E-state index in [4.69, 9.17) is 5.73 Å². The zero-order valence-corrected chi connectivity index (χ0v) is 16.5. The minimum absolute atomic E-state index is 0.441. The number of benzene rings is 2. The van der Waals surface area contributed by atoms with Crippen molar-refractivity contribution in [2.45, 2.75) is 26.9 Å². The lowest BCUT2D eigenvalue weighted by atomic mass is 10.1. The Labute approximate surface area is 162 Å².